The van der Waals surface area contributed by atoms with Crippen LogP contribution in [0.1, 0.15) is 10.4 Å². The summed E-state index contributed by atoms with van der Waals surface area (Å²) in [5.41, 5.74) is 1.59. The van der Waals surface area contributed by atoms with Crippen LogP contribution in [0.4, 0.5) is 0 Å². The van der Waals surface area contributed by atoms with Gasteiger partial charge in [0.25, 0.3) is 0 Å². The van der Waals surface area contributed by atoms with E-state index in [4.69, 9.17) is 4.74 Å². The van der Waals surface area contributed by atoms with Crippen LogP contribution in [0.3, 0.4) is 0 Å². The van der Waals surface area contributed by atoms with Crippen LogP contribution in [0.25, 0.3) is 10.4 Å². The maximum Gasteiger partial charge on any atom is 0.338 e. The van der Waals surface area contributed by atoms with E-state index < -0.39 is 6.89 Å². The second kappa shape index (κ2) is 10.7. The molecule has 4 aromatic carbocycles. The quantitative estimate of drug-likeness (QED) is 0.156. The van der Waals surface area contributed by atoms with Crippen molar-refractivity contribution in [3.63, 3.8) is 0 Å². The molecular formula is C31H23O3PS. The van der Waals surface area contributed by atoms with Crippen molar-refractivity contribution in [2.45, 2.75) is 0 Å². The topological polar surface area (TPSA) is 43.4 Å². The van der Waals surface area contributed by atoms with E-state index in [0.29, 0.717) is 10.6 Å². The van der Waals surface area contributed by atoms with Crippen LogP contribution in [0.2, 0.25) is 0 Å². The first-order valence-corrected chi connectivity index (χ1v) is 14.2. The molecule has 0 aliphatic heterocycles. The summed E-state index contributed by atoms with van der Waals surface area (Å²) in [5.74, 6) is 1.40. The van der Waals surface area contributed by atoms with Crippen molar-refractivity contribution in [3.8, 4) is 15.5 Å². The summed E-state index contributed by atoms with van der Waals surface area (Å²) >= 11 is 1.40. The molecule has 0 radical (unpaired) electrons. The number of thiophene rings is 1. The Balaban J connectivity index is 1.57. The highest BCUT2D eigenvalue weighted by atomic mass is 32.1. The molecule has 0 aliphatic carbocycles. The third kappa shape index (κ3) is 4.87. The minimum Gasteiger partial charge on any atom is -0.412 e. The second-order valence-corrected chi connectivity index (χ2v) is 12.4. The predicted octanol–water partition coefficient (Wildman–Crippen LogP) is 5.93. The molecule has 0 spiro atoms. The summed E-state index contributed by atoms with van der Waals surface area (Å²) in [6, 6.07) is 41.6. The number of esters is 1. The second-order valence-electron chi connectivity index (χ2n) is 8.14. The zero-order valence-electron chi connectivity index (χ0n) is 19.4. The smallest absolute Gasteiger partial charge is 0.338 e. The molecule has 0 unspecified atom stereocenters. The summed E-state index contributed by atoms with van der Waals surface area (Å²) in [5, 5.41) is 3.78. The van der Waals surface area contributed by atoms with Gasteiger partial charge in [-0.05, 0) is 40.5 Å². The fourth-order valence-corrected chi connectivity index (χ4v) is 8.70. The number of aldehydes is 1. The van der Waals surface area contributed by atoms with Gasteiger partial charge in [0, 0.05) is 16.2 Å². The molecule has 0 fully saturated rings. The van der Waals surface area contributed by atoms with E-state index >= 15 is 0 Å². The minimum atomic E-state index is -2.43. The average Bonchev–Trinajstić information content (AvgIpc) is 3.41. The molecule has 176 valence electrons. The van der Waals surface area contributed by atoms with Crippen LogP contribution in [0.5, 0.6) is 5.06 Å². The van der Waals surface area contributed by atoms with Crippen LogP contribution < -0.4 is 20.7 Å². The maximum absolute atomic E-state index is 13.5. The van der Waals surface area contributed by atoms with Crippen molar-refractivity contribution >= 4 is 52.2 Å². The van der Waals surface area contributed by atoms with E-state index in [0.717, 1.165) is 32.6 Å². The Morgan fingerprint density at radius 1 is 0.639 bits per heavy atom. The number of rotatable bonds is 7. The van der Waals surface area contributed by atoms with Crippen molar-refractivity contribution < 1.29 is 14.3 Å². The van der Waals surface area contributed by atoms with Crippen molar-refractivity contribution in [3.05, 3.63) is 133 Å². The zero-order valence-corrected chi connectivity index (χ0v) is 21.1. The van der Waals surface area contributed by atoms with Gasteiger partial charge in [-0.25, -0.2) is 4.79 Å². The minimum absolute atomic E-state index is 0.385. The van der Waals surface area contributed by atoms with Gasteiger partial charge in [0.1, 0.15) is 6.29 Å². The van der Waals surface area contributed by atoms with Crippen LogP contribution in [0.15, 0.2) is 127 Å². The van der Waals surface area contributed by atoms with Gasteiger partial charge in [0.15, 0.2) is 5.06 Å². The Bertz CT molecular complexity index is 1420. The first kappa shape index (κ1) is 23.7. The van der Waals surface area contributed by atoms with Gasteiger partial charge in [-0.15, -0.1) is 0 Å². The first-order chi connectivity index (χ1) is 17.7. The van der Waals surface area contributed by atoms with E-state index in [9.17, 15) is 9.59 Å². The summed E-state index contributed by atoms with van der Waals surface area (Å²) < 4.78 is 5.88. The van der Waals surface area contributed by atoms with Gasteiger partial charge < -0.3 is 4.74 Å². The van der Waals surface area contributed by atoms with Gasteiger partial charge >= 0.3 is 5.97 Å². The highest BCUT2D eigenvalue weighted by Gasteiger charge is 2.27. The third-order valence-electron chi connectivity index (χ3n) is 5.90. The largest absolute Gasteiger partial charge is 0.412 e. The molecule has 0 atom stereocenters. The number of hydrogen-bond acceptors (Lipinski definition) is 4. The Labute approximate surface area is 214 Å². The lowest BCUT2D eigenvalue weighted by atomic mass is 10.1. The molecular weight excluding hydrogens is 483 g/mol. The van der Waals surface area contributed by atoms with Crippen molar-refractivity contribution in [1.82, 2.24) is 0 Å². The molecule has 5 aromatic rings. The van der Waals surface area contributed by atoms with Gasteiger partial charge in [0.2, 0.25) is 0 Å². The van der Waals surface area contributed by atoms with Gasteiger partial charge in [-0.2, -0.15) is 0 Å². The van der Waals surface area contributed by atoms with Crippen molar-refractivity contribution in [1.29, 1.82) is 0 Å². The van der Waals surface area contributed by atoms with Crippen LogP contribution in [-0.2, 0) is 4.79 Å². The molecule has 1 heterocycles. The Kier molecular flexibility index (Phi) is 7.08. The standard InChI is InChI=1S/C31H23O3PS/c32-22-24-16-18-25(19-17-24)29-20-21-31(36-29)34-30(33)23-35(26-10-4-1-5-11-26,27-12-6-2-7-13-27)28-14-8-3-9-15-28/h1-23H. The molecule has 0 bridgehead atoms. The molecule has 3 nitrogen and oxygen atoms in total. The van der Waals surface area contributed by atoms with Crippen LogP contribution >= 0.6 is 18.2 Å². The molecule has 0 aliphatic rings. The van der Waals surface area contributed by atoms with Crippen molar-refractivity contribution in [2.24, 2.45) is 0 Å². The Morgan fingerprint density at radius 3 is 1.61 bits per heavy atom. The number of benzene rings is 4. The molecule has 0 saturated heterocycles. The molecule has 5 rings (SSSR count). The lowest BCUT2D eigenvalue weighted by molar-refractivity contribution is -0.126. The van der Waals surface area contributed by atoms with E-state index in [1.165, 1.54) is 11.3 Å². The van der Waals surface area contributed by atoms with E-state index in [2.05, 4.69) is 36.4 Å². The predicted molar refractivity (Wildman–Crippen MR) is 152 cm³/mol. The molecule has 1 aromatic heterocycles. The average molecular weight is 507 g/mol. The van der Waals surface area contributed by atoms with E-state index in [1.54, 1.807) is 17.9 Å². The monoisotopic (exact) mass is 506 g/mol. The summed E-state index contributed by atoms with van der Waals surface area (Å²) in [7, 11) is 0. The van der Waals surface area contributed by atoms with Crippen LogP contribution in [0, 0.1) is 0 Å². The fraction of sp³-hybridized carbons (Fsp3) is 0. The third-order valence-corrected chi connectivity index (χ3v) is 10.9. The van der Waals surface area contributed by atoms with Gasteiger partial charge in [-0.3, -0.25) is 4.79 Å². The lowest BCUT2D eigenvalue weighted by Gasteiger charge is -2.28. The number of carbonyl (C=O) groups is 2. The Hall–Kier alpha value is -3.98. The Morgan fingerprint density at radius 2 is 1.14 bits per heavy atom. The van der Waals surface area contributed by atoms with Crippen LogP contribution in [-0.4, -0.2) is 18.1 Å². The zero-order chi connectivity index (χ0) is 24.8. The molecule has 36 heavy (non-hydrogen) atoms. The lowest BCUT2D eigenvalue weighted by Crippen LogP contribution is -2.29. The van der Waals surface area contributed by atoms with Gasteiger partial charge in [0.05, 0.1) is 0 Å². The number of hydrogen-bond donors (Lipinski definition) is 0. The number of carbonyl (C=O) groups excluding carboxylic acids is 2. The highest BCUT2D eigenvalue weighted by Crippen LogP contribution is 2.43. The SMILES string of the molecule is O=Cc1ccc(-c2ccc(OC(=O)C=P(c3ccccc3)(c3ccccc3)c3ccccc3)s2)cc1. The maximum atomic E-state index is 13.5. The normalized spacial score (nSPS) is 11.0. The fourth-order valence-electron chi connectivity index (χ4n) is 4.20. The van der Waals surface area contributed by atoms with E-state index in [-0.39, 0.29) is 5.97 Å². The highest BCUT2D eigenvalue weighted by molar-refractivity contribution is 7.95. The molecule has 0 amide bonds. The number of ether oxygens (including phenoxy) is 1. The molecule has 5 heteroatoms. The van der Waals surface area contributed by atoms with Gasteiger partial charge in [-0.1, -0.05) is 127 Å². The molecule has 0 N–H and O–H groups in total. The van der Waals surface area contributed by atoms with E-state index in [1.807, 2.05) is 78.9 Å². The summed E-state index contributed by atoms with van der Waals surface area (Å²) in [4.78, 5) is 25.4. The first-order valence-electron chi connectivity index (χ1n) is 11.5. The molecule has 0 saturated carbocycles. The summed E-state index contributed by atoms with van der Waals surface area (Å²) in [6.45, 7) is -2.43. The van der Waals surface area contributed by atoms with Crippen molar-refractivity contribution in [2.75, 3.05) is 0 Å². The summed E-state index contributed by atoms with van der Waals surface area (Å²) in [6.07, 6.45) is 0.822.